The fraction of sp³-hybridized carbons (Fsp3) is 0.333. The number of hydrogen-bond acceptors (Lipinski definition) is 3. The Morgan fingerprint density at radius 2 is 2.06 bits per heavy atom. The molecule has 0 saturated carbocycles. The zero-order valence-corrected chi connectivity index (χ0v) is 10.0. The van der Waals surface area contributed by atoms with Crippen LogP contribution in [0, 0.1) is 0 Å². The Kier molecular flexibility index (Phi) is 3.55. The number of pyridine rings is 1. The van der Waals surface area contributed by atoms with E-state index in [4.69, 9.17) is 0 Å². The Morgan fingerprint density at radius 1 is 1.28 bits per heavy atom. The third kappa shape index (κ3) is 2.82. The minimum Gasteiger partial charge on any atom is -0.433 e. The molecule has 2 aromatic rings. The Bertz CT molecular complexity index is 526. The molecule has 18 heavy (non-hydrogen) atoms. The molecule has 0 N–H and O–H groups in total. The number of ether oxygens (including phenoxy) is 1. The predicted molar refractivity (Wildman–Crippen MR) is 62.5 cm³/mol. The first-order valence-electron chi connectivity index (χ1n) is 5.51. The van der Waals surface area contributed by atoms with Gasteiger partial charge in [0.15, 0.2) is 0 Å². The predicted octanol–water partition coefficient (Wildman–Crippen LogP) is 3.13. The lowest BCUT2D eigenvalue weighted by Crippen LogP contribution is -2.02. The van der Waals surface area contributed by atoms with Crippen LogP contribution >= 0.6 is 0 Å². The molecule has 4 nitrogen and oxygen atoms in total. The van der Waals surface area contributed by atoms with Crippen LogP contribution in [0.4, 0.5) is 8.78 Å². The highest BCUT2D eigenvalue weighted by atomic mass is 19.3. The molecule has 0 aliphatic heterocycles. The topological polar surface area (TPSA) is 39.9 Å². The Hall–Kier alpha value is -1.98. The highest BCUT2D eigenvalue weighted by Crippen LogP contribution is 2.22. The van der Waals surface area contributed by atoms with E-state index in [-0.39, 0.29) is 11.8 Å². The molecule has 96 valence electrons. The summed E-state index contributed by atoms with van der Waals surface area (Å²) in [4.78, 5) is 3.86. The molecule has 2 rings (SSSR count). The monoisotopic (exact) mass is 253 g/mol. The van der Waals surface area contributed by atoms with Gasteiger partial charge < -0.3 is 4.74 Å². The average molecular weight is 253 g/mol. The van der Waals surface area contributed by atoms with Crippen molar-refractivity contribution in [3.05, 3.63) is 30.7 Å². The Balaban J connectivity index is 2.26. The van der Waals surface area contributed by atoms with Gasteiger partial charge in [0.25, 0.3) is 0 Å². The van der Waals surface area contributed by atoms with E-state index in [9.17, 15) is 8.78 Å². The summed E-state index contributed by atoms with van der Waals surface area (Å²) in [5.41, 5.74) is 1.32. The first kappa shape index (κ1) is 12.5. The van der Waals surface area contributed by atoms with Crippen LogP contribution in [0.2, 0.25) is 0 Å². The minimum absolute atomic E-state index is 0.0293. The maximum atomic E-state index is 12.1. The van der Waals surface area contributed by atoms with E-state index in [1.54, 1.807) is 10.9 Å². The number of alkyl halides is 2. The van der Waals surface area contributed by atoms with Crippen molar-refractivity contribution in [2.75, 3.05) is 0 Å². The molecule has 0 atom stereocenters. The molecule has 0 bridgehead atoms. The van der Waals surface area contributed by atoms with Crippen LogP contribution in [0.15, 0.2) is 30.7 Å². The molecule has 0 radical (unpaired) electrons. The average Bonchev–Trinajstić information content (AvgIpc) is 2.77. The molecule has 6 heteroatoms. The normalized spacial score (nSPS) is 11.2. The lowest BCUT2D eigenvalue weighted by molar-refractivity contribution is -0.0500. The van der Waals surface area contributed by atoms with Crippen molar-refractivity contribution in [1.29, 1.82) is 0 Å². The molecular formula is C12H13F2N3O. The summed E-state index contributed by atoms with van der Waals surface area (Å²) in [5.74, 6) is 0.0293. The van der Waals surface area contributed by atoms with Crippen LogP contribution in [0.1, 0.15) is 19.9 Å². The molecule has 0 fully saturated rings. The number of halogens is 2. The molecule has 0 unspecified atom stereocenters. The van der Waals surface area contributed by atoms with Gasteiger partial charge in [-0.25, -0.2) is 0 Å². The van der Waals surface area contributed by atoms with Crippen molar-refractivity contribution in [3.63, 3.8) is 0 Å². The molecule has 0 spiro atoms. The standard InChI is InChI=1S/C12H13F2N3O/c1-8(2)17-4-3-11(16-17)9-5-10(7-15-6-9)18-12(13)14/h3-8,12H,1-2H3. The van der Waals surface area contributed by atoms with Crippen molar-refractivity contribution < 1.29 is 13.5 Å². The van der Waals surface area contributed by atoms with Crippen molar-refractivity contribution in [2.24, 2.45) is 0 Å². The van der Waals surface area contributed by atoms with Crippen LogP contribution in [-0.4, -0.2) is 21.4 Å². The highest BCUT2D eigenvalue weighted by molar-refractivity contribution is 5.59. The maximum Gasteiger partial charge on any atom is 0.387 e. The van der Waals surface area contributed by atoms with Gasteiger partial charge in [0.2, 0.25) is 0 Å². The van der Waals surface area contributed by atoms with Gasteiger partial charge in [-0.05, 0) is 26.0 Å². The lowest BCUT2D eigenvalue weighted by atomic mass is 10.2. The fourth-order valence-electron chi connectivity index (χ4n) is 1.51. The second kappa shape index (κ2) is 5.12. The smallest absolute Gasteiger partial charge is 0.387 e. The number of aromatic nitrogens is 3. The van der Waals surface area contributed by atoms with Gasteiger partial charge in [0.1, 0.15) is 5.75 Å². The van der Waals surface area contributed by atoms with E-state index in [2.05, 4.69) is 14.8 Å². The molecule has 0 saturated heterocycles. The summed E-state index contributed by atoms with van der Waals surface area (Å²) in [7, 11) is 0. The summed E-state index contributed by atoms with van der Waals surface area (Å²) in [6, 6.07) is 3.54. The van der Waals surface area contributed by atoms with Gasteiger partial charge in [0, 0.05) is 24.0 Å². The van der Waals surface area contributed by atoms with Crippen LogP contribution in [-0.2, 0) is 0 Å². The van der Waals surface area contributed by atoms with Crippen molar-refractivity contribution in [2.45, 2.75) is 26.5 Å². The van der Waals surface area contributed by atoms with Gasteiger partial charge in [-0.15, -0.1) is 0 Å². The Morgan fingerprint density at radius 3 is 2.67 bits per heavy atom. The van der Waals surface area contributed by atoms with Gasteiger partial charge >= 0.3 is 6.61 Å². The van der Waals surface area contributed by atoms with E-state index in [1.165, 1.54) is 12.3 Å². The third-order valence-electron chi connectivity index (χ3n) is 2.37. The van der Waals surface area contributed by atoms with E-state index < -0.39 is 6.61 Å². The highest BCUT2D eigenvalue weighted by Gasteiger charge is 2.09. The molecule has 2 heterocycles. The van der Waals surface area contributed by atoms with E-state index >= 15 is 0 Å². The van der Waals surface area contributed by atoms with Gasteiger partial charge in [-0.2, -0.15) is 13.9 Å². The largest absolute Gasteiger partial charge is 0.433 e. The molecule has 0 aromatic carbocycles. The van der Waals surface area contributed by atoms with E-state index in [1.807, 2.05) is 26.1 Å². The molecule has 2 aromatic heterocycles. The summed E-state index contributed by atoms with van der Waals surface area (Å²) < 4.78 is 30.3. The van der Waals surface area contributed by atoms with E-state index in [0.29, 0.717) is 11.3 Å². The van der Waals surface area contributed by atoms with Crippen molar-refractivity contribution >= 4 is 0 Å². The van der Waals surface area contributed by atoms with Gasteiger partial charge in [-0.1, -0.05) is 0 Å². The summed E-state index contributed by atoms with van der Waals surface area (Å²) in [5, 5.41) is 4.33. The number of nitrogens with zero attached hydrogens (tertiary/aromatic N) is 3. The second-order valence-electron chi connectivity index (χ2n) is 4.06. The quantitative estimate of drug-likeness (QED) is 0.840. The summed E-state index contributed by atoms with van der Waals surface area (Å²) in [6.45, 7) is 1.16. The van der Waals surface area contributed by atoms with Gasteiger partial charge in [0.05, 0.1) is 11.9 Å². The zero-order chi connectivity index (χ0) is 13.1. The van der Waals surface area contributed by atoms with Crippen molar-refractivity contribution in [1.82, 2.24) is 14.8 Å². The molecular weight excluding hydrogens is 240 g/mol. The van der Waals surface area contributed by atoms with Crippen LogP contribution in [0.25, 0.3) is 11.3 Å². The first-order chi connectivity index (χ1) is 8.56. The lowest BCUT2D eigenvalue weighted by Gasteiger charge is -2.05. The molecule has 0 amide bonds. The molecule has 0 aliphatic rings. The summed E-state index contributed by atoms with van der Waals surface area (Å²) in [6.07, 6.45) is 4.64. The molecule has 0 aliphatic carbocycles. The van der Waals surface area contributed by atoms with Gasteiger partial charge in [-0.3, -0.25) is 9.67 Å². The SMILES string of the molecule is CC(C)n1ccc(-c2cncc(OC(F)F)c2)n1. The summed E-state index contributed by atoms with van der Waals surface area (Å²) >= 11 is 0. The zero-order valence-electron chi connectivity index (χ0n) is 10.0. The van der Waals surface area contributed by atoms with Crippen LogP contribution < -0.4 is 4.74 Å². The number of rotatable bonds is 4. The number of hydrogen-bond donors (Lipinski definition) is 0. The maximum absolute atomic E-state index is 12.1. The third-order valence-corrected chi connectivity index (χ3v) is 2.37. The Labute approximate surface area is 103 Å². The minimum atomic E-state index is -2.85. The fourth-order valence-corrected chi connectivity index (χ4v) is 1.51. The first-order valence-corrected chi connectivity index (χ1v) is 5.51. The van der Waals surface area contributed by atoms with Crippen LogP contribution in [0.3, 0.4) is 0 Å². The van der Waals surface area contributed by atoms with Crippen LogP contribution in [0.5, 0.6) is 5.75 Å². The second-order valence-corrected chi connectivity index (χ2v) is 4.06. The van der Waals surface area contributed by atoms with Crippen molar-refractivity contribution in [3.8, 4) is 17.0 Å². The van der Waals surface area contributed by atoms with E-state index in [0.717, 1.165) is 0 Å².